The van der Waals surface area contributed by atoms with Gasteiger partial charge in [0, 0.05) is 12.1 Å². The van der Waals surface area contributed by atoms with Gasteiger partial charge in [-0.1, -0.05) is 0 Å². The number of nitrogens with one attached hydrogen (secondary N) is 1. The molecule has 10 nitrogen and oxygen atoms in total. The molecular formula is C11H11N3O7. The standard InChI is InChI=1S/C11H11N3O7/c1-5(9(15)13-11(12)18)21-8-3-2-6(14(19)20)4-7(8)10(16)17/h2-5H,1H3,(H,16,17)(H3,12,13,15,18). The fraction of sp³-hybridized carbons (Fsp3) is 0.182. The van der Waals surface area contributed by atoms with Crippen LogP contribution in [0.3, 0.4) is 0 Å². The number of carbonyl (C=O) groups is 3. The number of ether oxygens (including phenoxy) is 1. The van der Waals surface area contributed by atoms with E-state index in [1.807, 2.05) is 0 Å². The average Bonchev–Trinajstić information content (AvgIpc) is 2.37. The number of primary amides is 1. The number of carboxylic acid groups (broad SMARTS) is 1. The highest BCUT2D eigenvalue weighted by molar-refractivity contribution is 5.96. The van der Waals surface area contributed by atoms with Crippen molar-refractivity contribution in [3.63, 3.8) is 0 Å². The number of urea groups is 1. The van der Waals surface area contributed by atoms with E-state index in [2.05, 4.69) is 0 Å². The molecule has 0 aromatic heterocycles. The Morgan fingerprint density at radius 1 is 1.43 bits per heavy atom. The maximum atomic E-state index is 11.4. The third-order valence-corrected chi connectivity index (χ3v) is 2.32. The minimum absolute atomic E-state index is 0.250. The number of amides is 3. The van der Waals surface area contributed by atoms with Gasteiger partial charge in [0.1, 0.15) is 11.3 Å². The first kappa shape index (κ1) is 15.9. The van der Waals surface area contributed by atoms with Crippen LogP contribution >= 0.6 is 0 Å². The van der Waals surface area contributed by atoms with Crippen molar-refractivity contribution in [2.45, 2.75) is 13.0 Å². The fourth-order valence-electron chi connectivity index (χ4n) is 1.37. The summed E-state index contributed by atoms with van der Waals surface area (Å²) in [6.45, 7) is 1.26. The van der Waals surface area contributed by atoms with Crippen LogP contribution in [0.2, 0.25) is 0 Å². The molecule has 1 atom stereocenters. The Bertz CT molecular complexity index is 614. The van der Waals surface area contributed by atoms with Gasteiger partial charge in [-0.3, -0.25) is 20.2 Å². The first-order valence-electron chi connectivity index (χ1n) is 5.51. The molecule has 4 N–H and O–H groups in total. The van der Waals surface area contributed by atoms with Gasteiger partial charge in [0.05, 0.1) is 4.92 Å². The van der Waals surface area contributed by atoms with Crippen molar-refractivity contribution in [3.05, 3.63) is 33.9 Å². The zero-order chi connectivity index (χ0) is 16.2. The fourth-order valence-corrected chi connectivity index (χ4v) is 1.37. The minimum Gasteiger partial charge on any atom is -0.480 e. The van der Waals surface area contributed by atoms with Gasteiger partial charge in [-0.25, -0.2) is 9.59 Å². The Labute approximate surface area is 117 Å². The van der Waals surface area contributed by atoms with Crippen LogP contribution in [0.4, 0.5) is 10.5 Å². The Morgan fingerprint density at radius 3 is 2.52 bits per heavy atom. The largest absolute Gasteiger partial charge is 0.480 e. The monoisotopic (exact) mass is 297 g/mol. The summed E-state index contributed by atoms with van der Waals surface area (Å²) in [6, 6.07) is 1.80. The normalized spacial score (nSPS) is 11.3. The molecule has 0 radical (unpaired) electrons. The van der Waals surface area contributed by atoms with Gasteiger partial charge in [-0.05, 0) is 13.0 Å². The molecule has 1 aromatic carbocycles. The third-order valence-electron chi connectivity index (χ3n) is 2.32. The van der Waals surface area contributed by atoms with Gasteiger partial charge in [-0.2, -0.15) is 0 Å². The molecular weight excluding hydrogens is 286 g/mol. The number of non-ortho nitro benzene ring substituents is 1. The highest BCUT2D eigenvalue weighted by atomic mass is 16.6. The molecule has 0 bridgehead atoms. The predicted molar refractivity (Wildman–Crippen MR) is 67.9 cm³/mol. The van der Waals surface area contributed by atoms with Crippen molar-refractivity contribution >= 4 is 23.6 Å². The Balaban J connectivity index is 3.02. The van der Waals surface area contributed by atoms with Gasteiger partial charge in [0.15, 0.2) is 6.10 Å². The molecule has 112 valence electrons. The molecule has 10 heteroatoms. The van der Waals surface area contributed by atoms with Crippen molar-refractivity contribution in [2.75, 3.05) is 0 Å². The quantitative estimate of drug-likeness (QED) is 0.518. The van der Waals surface area contributed by atoms with E-state index in [4.69, 9.17) is 15.6 Å². The summed E-state index contributed by atoms with van der Waals surface area (Å²) in [4.78, 5) is 42.8. The van der Waals surface area contributed by atoms with E-state index in [1.54, 1.807) is 5.32 Å². The highest BCUT2D eigenvalue weighted by Crippen LogP contribution is 2.25. The topological polar surface area (TPSA) is 162 Å². The van der Waals surface area contributed by atoms with E-state index in [0.717, 1.165) is 18.2 Å². The van der Waals surface area contributed by atoms with Crippen LogP contribution < -0.4 is 15.8 Å². The lowest BCUT2D eigenvalue weighted by molar-refractivity contribution is -0.384. The second-order valence-electron chi connectivity index (χ2n) is 3.86. The summed E-state index contributed by atoms with van der Waals surface area (Å²) in [6.07, 6.45) is -1.22. The lowest BCUT2D eigenvalue weighted by atomic mass is 10.1. The van der Waals surface area contributed by atoms with Crippen molar-refractivity contribution in [2.24, 2.45) is 5.73 Å². The summed E-state index contributed by atoms with van der Waals surface area (Å²) >= 11 is 0. The van der Waals surface area contributed by atoms with Crippen LogP contribution in [-0.4, -0.2) is 34.0 Å². The molecule has 0 saturated heterocycles. The number of benzene rings is 1. The van der Waals surface area contributed by atoms with Gasteiger partial charge in [-0.15, -0.1) is 0 Å². The average molecular weight is 297 g/mol. The number of nitro groups is 1. The zero-order valence-electron chi connectivity index (χ0n) is 10.7. The summed E-state index contributed by atoms with van der Waals surface area (Å²) < 4.78 is 5.08. The molecule has 1 rings (SSSR count). The molecule has 0 saturated carbocycles. The Morgan fingerprint density at radius 2 is 2.05 bits per heavy atom. The Kier molecular flexibility index (Phi) is 4.78. The number of aromatic carboxylic acids is 1. The minimum atomic E-state index is -1.46. The number of nitrogens with zero attached hydrogens (tertiary/aromatic N) is 1. The van der Waals surface area contributed by atoms with Crippen LogP contribution in [0.5, 0.6) is 5.75 Å². The van der Waals surface area contributed by atoms with Crippen LogP contribution in [-0.2, 0) is 4.79 Å². The number of imide groups is 1. The molecule has 0 aliphatic heterocycles. The van der Waals surface area contributed by atoms with E-state index >= 15 is 0 Å². The zero-order valence-corrected chi connectivity index (χ0v) is 10.7. The first-order chi connectivity index (χ1) is 9.72. The lowest BCUT2D eigenvalue weighted by Gasteiger charge is -2.14. The van der Waals surface area contributed by atoms with E-state index in [0.29, 0.717) is 0 Å². The number of carboxylic acids is 1. The molecule has 21 heavy (non-hydrogen) atoms. The predicted octanol–water partition coefficient (Wildman–Crippen LogP) is 0.255. The SMILES string of the molecule is CC(Oc1ccc([N+](=O)[O-])cc1C(=O)O)C(=O)NC(N)=O. The van der Waals surface area contributed by atoms with E-state index in [-0.39, 0.29) is 5.75 Å². The summed E-state index contributed by atoms with van der Waals surface area (Å²) in [5, 5.41) is 21.3. The van der Waals surface area contributed by atoms with Crippen molar-refractivity contribution in [3.8, 4) is 5.75 Å². The van der Waals surface area contributed by atoms with Gasteiger partial charge < -0.3 is 15.6 Å². The Hall–Kier alpha value is -3.17. The lowest BCUT2D eigenvalue weighted by Crippen LogP contribution is -2.42. The molecule has 0 fully saturated rings. The maximum absolute atomic E-state index is 11.4. The number of nitro benzene ring substituents is 1. The second-order valence-corrected chi connectivity index (χ2v) is 3.86. The molecule has 0 spiro atoms. The first-order valence-corrected chi connectivity index (χ1v) is 5.51. The van der Waals surface area contributed by atoms with E-state index in [1.165, 1.54) is 6.92 Å². The van der Waals surface area contributed by atoms with Crippen LogP contribution in [0, 0.1) is 10.1 Å². The number of rotatable bonds is 5. The molecule has 3 amide bonds. The molecule has 1 unspecified atom stereocenters. The van der Waals surface area contributed by atoms with Gasteiger partial charge >= 0.3 is 12.0 Å². The molecule has 1 aromatic rings. The number of hydrogen-bond acceptors (Lipinski definition) is 6. The molecule has 0 aliphatic carbocycles. The highest BCUT2D eigenvalue weighted by Gasteiger charge is 2.22. The number of hydrogen-bond donors (Lipinski definition) is 3. The van der Waals surface area contributed by atoms with E-state index in [9.17, 15) is 24.5 Å². The number of carbonyl (C=O) groups excluding carboxylic acids is 2. The van der Waals surface area contributed by atoms with Crippen LogP contribution in [0.1, 0.15) is 17.3 Å². The summed E-state index contributed by atoms with van der Waals surface area (Å²) in [5.74, 6) is -2.59. The van der Waals surface area contributed by atoms with Crippen LogP contribution in [0.15, 0.2) is 18.2 Å². The third kappa shape index (κ3) is 4.16. The smallest absolute Gasteiger partial charge is 0.339 e. The van der Waals surface area contributed by atoms with E-state index < -0.39 is 40.2 Å². The number of nitrogens with two attached hydrogens (primary N) is 1. The second kappa shape index (κ2) is 6.32. The van der Waals surface area contributed by atoms with Gasteiger partial charge in [0.25, 0.3) is 11.6 Å². The van der Waals surface area contributed by atoms with Crippen molar-refractivity contribution in [1.82, 2.24) is 5.32 Å². The molecule has 0 heterocycles. The summed E-state index contributed by atoms with van der Waals surface area (Å²) in [7, 11) is 0. The van der Waals surface area contributed by atoms with Crippen LogP contribution in [0.25, 0.3) is 0 Å². The summed E-state index contributed by atoms with van der Waals surface area (Å²) in [5.41, 5.74) is 3.84. The van der Waals surface area contributed by atoms with Crippen molar-refractivity contribution < 1.29 is 29.2 Å². The van der Waals surface area contributed by atoms with Crippen molar-refractivity contribution in [1.29, 1.82) is 0 Å². The van der Waals surface area contributed by atoms with Gasteiger partial charge in [0.2, 0.25) is 0 Å². The molecule has 0 aliphatic rings. The maximum Gasteiger partial charge on any atom is 0.339 e.